The first-order valence-electron chi connectivity index (χ1n) is 8.70. The van der Waals surface area contributed by atoms with Crippen LogP contribution in [0, 0.1) is 0 Å². The molecular weight excluding hydrogens is 432 g/mol. The molecule has 8 nitrogen and oxygen atoms in total. The van der Waals surface area contributed by atoms with Crippen molar-refractivity contribution in [2.45, 2.75) is 52.3 Å². The zero-order valence-electron chi connectivity index (χ0n) is 15.1. The monoisotopic (exact) mass is 458 g/mol. The van der Waals surface area contributed by atoms with E-state index >= 15 is 0 Å². The van der Waals surface area contributed by atoms with Crippen molar-refractivity contribution >= 4 is 42.0 Å². The Hall–Kier alpha value is -0.370. The lowest BCUT2D eigenvalue weighted by Gasteiger charge is -2.30. The van der Waals surface area contributed by atoms with E-state index in [0.717, 1.165) is 6.42 Å². The Balaban J connectivity index is 2.28. The van der Waals surface area contributed by atoms with Crippen LogP contribution in [0.2, 0.25) is 0 Å². The van der Waals surface area contributed by atoms with Gasteiger partial charge in [-0.15, -0.1) is 11.3 Å². The summed E-state index contributed by atoms with van der Waals surface area (Å²) >= 11 is 0.704. The molecule has 1 aromatic rings. The molecule has 0 radical (unpaired) electrons. The number of fused-ring (bicyclic) bond motifs is 1. The molecule has 2 heterocycles. The number of nitrogens with two attached hydrogens (primary N) is 1. The number of rotatable bonds is 10. The van der Waals surface area contributed by atoms with Crippen LogP contribution in [0.1, 0.15) is 44.2 Å². The standard InChI is InChI=1S/C15H26N2O6S4/c1-2-5-17-13-9-11(4-3-7-25(19)8-6-18)26(20,21)15-12(13)10-14(24-15)27(16,22)23/h10-11,13,17-18H,2-9H2,1H3,(H2,16,22,23)/t11-,13-,25?/m0/s1. The second-order valence-electron chi connectivity index (χ2n) is 6.48. The van der Waals surface area contributed by atoms with Crippen LogP contribution >= 0.6 is 11.3 Å². The van der Waals surface area contributed by atoms with E-state index in [-0.39, 0.29) is 26.8 Å². The van der Waals surface area contributed by atoms with Gasteiger partial charge in [0.1, 0.15) is 8.42 Å². The molecule has 12 heteroatoms. The second kappa shape index (κ2) is 9.42. The molecule has 2 rings (SSSR count). The number of aliphatic hydroxyl groups is 1. The van der Waals surface area contributed by atoms with Crippen LogP contribution in [0.4, 0.5) is 0 Å². The Kier molecular flexibility index (Phi) is 7.99. The highest BCUT2D eigenvalue weighted by molar-refractivity contribution is 7.95. The first kappa shape index (κ1) is 22.9. The van der Waals surface area contributed by atoms with Crippen molar-refractivity contribution in [2.24, 2.45) is 5.14 Å². The minimum absolute atomic E-state index is 0.0628. The quantitative estimate of drug-likeness (QED) is 0.463. The van der Waals surface area contributed by atoms with Gasteiger partial charge in [0.2, 0.25) is 10.0 Å². The first-order chi connectivity index (χ1) is 12.6. The van der Waals surface area contributed by atoms with Crippen LogP contribution < -0.4 is 10.5 Å². The van der Waals surface area contributed by atoms with Gasteiger partial charge in [-0.3, -0.25) is 4.21 Å². The molecule has 1 unspecified atom stereocenters. The van der Waals surface area contributed by atoms with E-state index in [1.54, 1.807) is 0 Å². The number of primary sulfonamides is 1. The molecule has 0 spiro atoms. The molecule has 1 aliphatic rings. The summed E-state index contributed by atoms with van der Waals surface area (Å²) in [5, 5.41) is 16.6. The third-order valence-electron chi connectivity index (χ3n) is 4.41. The van der Waals surface area contributed by atoms with E-state index in [1.807, 2.05) is 6.92 Å². The normalized spacial score (nSPS) is 23.1. The van der Waals surface area contributed by atoms with E-state index < -0.39 is 35.9 Å². The van der Waals surface area contributed by atoms with Gasteiger partial charge in [-0.05, 0) is 38.3 Å². The largest absolute Gasteiger partial charge is 0.395 e. The van der Waals surface area contributed by atoms with E-state index in [2.05, 4.69) is 5.32 Å². The zero-order chi connectivity index (χ0) is 20.2. The first-order valence-corrected chi connectivity index (χ1v) is 14.1. The van der Waals surface area contributed by atoms with Crippen molar-refractivity contribution in [3.8, 4) is 0 Å². The maximum atomic E-state index is 13.0. The summed E-state index contributed by atoms with van der Waals surface area (Å²) in [6, 6.07) is 1.11. The number of hydrogen-bond donors (Lipinski definition) is 3. The molecule has 1 aliphatic heterocycles. The van der Waals surface area contributed by atoms with Gasteiger partial charge in [0.25, 0.3) is 0 Å². The highest BCUT2D eigenvalue weighted by Gasteiger charge is 2.41. The van der Waals surface area contributed by atoms with Crippen LogP contribution in [-0.2, 0) is 30.7 Å². The van der Waals surface area contributed by atoms with E-state index in [9.17, 15) is 21.0 Å². The highest BCUT2D eigenvalue weighted by Crippen LogP contribution is 2.43. The zero-order valence-corrected chi connectivity index (χ0v) is 18.4. The van der Waals surface area contributed by atoms with Gasteiger partial charge in [-0.25, -0.2) is 22.0 Å². The fourth-order valence-electron chi connectivity index (χ4n) is 3.10. The number of aliphatic hydroxyl groups excluding tert-OH is 1. The van der Waals surface area contributed by atoms with Crippen molar-refractivity contribution in [1.29, 1.82) is 0 Å². The Bertz CT molecular complexity index is 878. The summed E-state index contributed by atoms with van der Waals surface area (Å²) in [5.74, 6) is 0.518. The summed E-state index contributed by atoms with van der Waals surface area (Å²) < 4.78 is 61.0. The minimum atomic E-state index is -3.98. The van der Waals surface area contributed by atoms with Gasteiger partial charge >= 0.3 is 0 Å². The summed E-state index contributed by atoms with van der Waals surface area (Å²) in [4.78, 5) is 0. The van der Waals surface area contributed by atoms with Gasteiger partial charge in [0.05, 0.1) is 11.9 Å². The fraction of sp³-hybridized carbons (Fsp3) is 0.733. The molecule has 3 atom stereocenters. The molecule has 0 amide bonds. The number of hydrogen-bond acceptors (Lipinski definition) is 8. The lowest BCUT2D eigenvalue weighted by molar-refractivity contribution is 0.321. The van der Waals surface area contributed by atoms with E-state index in [1.165, 1.54) is 6.07 Å². The predicted molar refractivity (Wildman–Crippen MR) is 107 cm³/mol. The molecule has 156 valence electrons. The van der Waals surface area contributed by atoms with Crippen molar-refractivity contribution < 1.29 is 26.2 Å². The Morgan fingerprint density at radius 1 is 1.41 bits per heavy atom. The van der Waals surface area contributed by atoms with Crippen LogP contribution in [-0.4, -0.2) is 56.1 Å². The fourth-order valence-corrected chi connectivity index (χ4v) is 8.75. The lowest BCUT2D eigenvalue weighted by Crippen LogP contribution is -2.35. The van der Waals surface area contributed by atoms with Crippen LogP contribution in [0.15, 0.2) is 14.5 Å². The molecule has 0 bridgehead atoms. The highest BCUT2D eigenvalue weighted by atomic mass is 32.3. The maximum absolute atomic E-state index is 13.0. The van der Waals surface area contributed by atoms with Gasteiger partial charge in [-0.2, -0.15) is 0 Å². The average molecular weight is 459 g/mol. The lowest BCUT2D eigenvalue weighted by atomic mass is 10.0. The molecule has 27 heavy (non-hydrogen) atoms. The van der Waals surface area contributed by atoms with Gasteiger partial charge in [0, 0.05) is 33.9 Å². The molecule has 1 aromatic heterocycles. The maximum Gasteiger partial charge on any atom is 0.247 e. The van der Waals surface area contributed by atoms with Crippen LogP contribution in [0.25, 0.3) is 0 Å². The summed E-state index contributed by atoms with van der Waals surface area (Å²) in [5.41, 5.74) is 0.470. The molecule has 0 fully saturated rings. The molecule has 0 saturated carbocycles. The third kappa shape index (κ3) is 5.58. The summed E-state index contributed by atoms with van der Waals surface area (Å²) in [6.07, 6.45) is 1.99. The molecule has 0 saturated heterocycles. The molecule has 4 N–H and O–H groups in total. The number of sulfonamides is 1. The Morgan fingerprint density at radius 2 is 2.11 bits per heavy atom. The number of thiophene rings is 1. The van der Waals surface area contributed by atoms with Crippen LogP contribution in [0.5, 0.6) is 0 Å². The van der Waals surface area contributed by atoms with Gasteiger partial charge in [-0.1, -0.05) is 6.92 Å². The number of sulfone groups is 1. The van der Waals surface area contributed by atoms with Crippen molar-refractivity contribution in [3.63, 3.8) is 0 Å². The second-order valence-corrected chi connectivity index (χ2v) is 13.4. The summed E-state index contributed by atoms with van der Waals surface area (Å²) in [6.45, 7) is 2.51. The third-order valence-corrected chi connectivity index (χ3v) is 11.2. The summed E-state index contributed by atoms with van der Waals surface area (Å²) in [7, 11) is -8.83. The topological polar surface area (TPSA) is 144 Å². The molecule has 0 aromatic carbocycles. The van der Waals surface area contributed by atoms with Crippen molar-refractivity contribution in [3.05, 3.63) is 11.6 Å². The van der Waals surface area contributed by atoms with E-state index in [0.29, 0.717) is 48.5 Å². The van der Waals surface area contributed by atoms with Gasteiger partial charge < -0.3 is 10.4 Å². The Labute approximate surface area is 167 Å². The SMILES string of the molecule is CCCN[C@H]1C[C@H](CCCS(=O)CCO)S(=O)(=O)c2sc(S(N)(=O)=O)cc21. The molecular formula is C15H26N2O6S4. The van der Waals surface area contributed by atoms with Crippen LogP contribution in [0.3, 0.4) is 0 Å². The predicted octanol–water partition coefficient (Wildman–Crippen LogP) is 0.503. The Morgan fingerprint density at radius 3 is 2.70 bits per heavy atom. The van der Waals surface area contributed by atoms with Crippen molar-refractivity contribution in [1.82, 2.24) is 5.32 Å². The smallest absolute Gasteiger partial charge is 0.247 e. The van der Waals surface area contributed by atoms with E-state index in [4.69, 9.17) is 10.2 Å². The average Bonchev–Trinajstić information content (AvgIpc) is 3.03. The van der Waals surface area contributed by atoms with Crippen molar-refractivity contribution in [2.75, 3.05) is 24.7 Å². The number of nitrogens with one attached hydrogen (secondary N) is 1. The minimum Gasteiger partial charge on any atom is -0.395 e. The molecule has 0 aliphatic carbocycles. The van der Waals surface area contributed by atoms with Gasteiger partial charge in [0.15, 0.2) is 9.84 Å².